The molecule has 0 aromatic heterocycles. The number of carbonyl (C=O) groups is 2. The van der Waals surface area contributed by atoms with E-state index in [1.165, 1.54) is 0 Å². The second-order valence-corrected chi connectivity index (χ2v) is 7.02. The Morgan fingerprint density at radius 3 is 2.81 bits per heavy atom. The summed E-state index contributed by atoms with van der Waals surface area (Å²) < 4.78 is 5.34. The average molecular weight is 359 g/mol. The number of nitrogens with one attached hydrogen (secondary N) is 1. The van der Waals surface area contributed by atoms with Crippen LogP contribution in [-0.2, 0) is 20.7 Å². The molecule has 0 saturated carbocycles. The number of anilines is 1. The molecule has 1 fully saturated rings. The lowest BCUT2D eigenvalue weighted by molar-refractivity contribution is -0.126. The summed E-state index contributed by atoms with van der Waals surface area (Å²) >= 11 is 0. The average Bonchev–Trinajstić information content (AvgIpc) is 2.83. The monoisotopic (exact) mass is 359 g/mol. The van der Waals surface area contributed by atoms with E-state index in [1.54, 1.807) is 4.90 Å². The first-order valence-corrected chi connectivity index (χ1v) is 9.64. The lowest BCUT2D eigenvalue weighted by Crippen LogP contribution is -2.48. The molecule has 0 bridgehead atoms. The Kier molecular flexibility index (Phi) is 6.63. The molecule has 1 atom stereocenters. The molecule has 3 rings (SSSR count). The van der Waals surface area contributed by atoms with Crippen LogP contribution < -0.4 is 10.2 Å². The molecule has 1 aromatic carbocycles. The highest BCUT2D eigenvalue weighted by molar-refractivity contribution is 6.01. The smallest absolute Gasteiger partial charge is 0.242 e. The Morgan fingerprint density at radius 2 is 2.00 bits per heavy atom. The zero-order valence-corrected chi connectivity index (χ0v) is 15.6. The molecule has 6 heteroatoms. The summed E-state index contributed by atoms with van der Waals surface area (Å²) in [5, 5.41) is 3.00. The molecule has 1 aromatic rings. The van der Waals surface area contributed by atoms with Crippen molar-refractivity contribution in [3.63, 3.8) is 0 Å². The van der Waals surface area contributed by atoms with Crippen molar-refractivity contribution in [1.82, 2.24) is 10.2 Å². The van der Waals surface area contributed by atoms with Crippen LogP contribution in [0.2, 0.25) is 0 Å². The van der Waals surface area contributed by atoms with Gasteiger partial charge in [0, 0.05) is 31.7 Å². The van der Waals surface area contributed by atoms with Crippen LogP contribution in [0.5, 0.6) is 0 Å². The molecule has 2 heterocycles. The predicted molar refractivity (Wildman–Crippen MR) is 101 cm³/mol. The van der Waals surface area contributed by atoms with Gasteiger partial charge in [-0.1, -0.05) is 18.2 Å². The maximum atomic E-state index is 12.6. The number of ether oxygens (including phenoxy) is 1. The Balaban J connectivity index is 1.54. The van der Waals surface area contributed by atoms with E-state index in [2.05, 4.69) is 10.2 Å². The van der Waals surface area contributed by atoms with E-state index in [1.807, 2.05) is 31.2 Å². The molecule has 1 N–H and O–H groups in total. The first kappa shape index (κ1) is 18.9. The van der Waals surface area contributed by atoms with Crippen LogP contribution in [0.3, 0.4) is 0 Å². The van der Waals surface area contributed by atoms with Crippen LogP contribution in [0.25, 0.3) is 0 Å². The van der Waals surface area contributed by atoms with Crippen molar-refractivity contribution in [1.29, 1.82) is 0 Å². The van der Waals surface area contributed by atoms with Gasteiger partial charge < -0.3 is 10.1 Å². The molecule has 2 amide bonds. The third-order valence-electron chi connectivity index (χ3n) is 5.18. The van der Waals surface area contributed by atoms with Crippen LogP contribution >= 0.6 is 0 Å². The van der Waals surface area contributed by atoms with E-state index in [0.717, 1.165) is 63.4 Å². The van der Waals surface area contributed by atoms with E-state index in [9.17, 15) is 9.59 Å². The number of morpholine rings is 1. The van der Waals surface area contributed by atoms with Gasteiger partial charge in [0.15, 0.2) is 0 Å². The molecule has 0 radical (unpaired) electrons. The Labute approximate surface area is 155 Å². The van der Waals surface area contributed by atoms with Gasteiger partial charge in [-0.3, -0.25) is 19.4 Å². The summed E-state index contributed by atoms with van der Waals surface area (Å²) in [4.78, 5) is 29.2. The maximum Gasteiger partial charge on any atom is 0.242 e. The largest absolute Gasteiger partial charge is 0.379 e. The maximum absolute atomic E-state index is 12.6. The number of hydrogen-bond donors (Lipinski definition) is 1. The van der Waals surface area contributed by atoms with Crippen LogP contribution in [0, 0.1) is 0 Å². The van der Waals surface area contributed by atoms with Gasteiger partial charge in [-0.25, -0.2) is 0 Å². The van der Waals surface area contributed by atoms with Gasteiger partial charge >= 0.3 is 0 Å². The van der Waals surface area contributed by atoms with E-state index < -0.39 is 6.04 Å². The summed E-state index contributed by atoms with van der Waals surface area (Å²) in [5.74, 6) is -0.0528. The molecule has 0 aliphatic carbocycles. The van der Waals surface area contributed by atoms with Crippen LogP contribution in [0.15, 0.2) is 24.3 Å². The summed E-state index contributed by atoms with van der Waals surface area (Å²) in [5.41, 5.74) is 2.02. The number of fused-ring (bicyclic) bond motifs is 1. The van der Waals surface area contributed by atoms with E-state index in [4.69, 9.17) is 4.74 Å². The van der Waals surface area contributed by atoms with Crippen LogP contribution in [0.4, 0.5) is 5.69 Å². The standard InChI is InChI=1S/C20H29N3O3/c1-16(20(25)21-10-5-11-22-12-14-26-15-13-22)23-18-8-3-2-6-17(18)7-4-9-19(23)24/h2-3,6,8,16H,4-5,7,9-15H2,1H3,(H,21,25)/t16-/m0/s1. The molecule has 0 spiro atoms. The predicted octanol–water partition coefficient (Wildman–Crippen LogP) is 1.58. The number of nitrogens with zero attached hydrogens (tertiary/aromatic N) is 2. The number of hydrogen-bond acceptors (Lipinski definition) is 4. The van der Waals surface area contributed by atoms with Crippen LogP contribution in [0.1, 0.15) is 31.7 Å². The fourth-order valence-electron chi connectivity index (χ4n) is 3.67. The van der Waals surface area contributed by atoms with Gasteiger partial charge in [-0.2, -0.15) is 0 Å². The number of amides is 2. The van der Waals surface area contributed by atoms with E-state index in [-0.39, 0.29) is 11.8 Å². The Bertz CT molecular complexity index is 628. The summed E-state index contributed by atoms with van der Waals surface area (Å²) in [6, 6.07) is 7.42. The minimum absolute atomic E-state index is 0.0333. The van der Waals surface area contributed by atoms with Crippen molar-refractivity contribution in [3.05, 3.63) is 29.8 Å². The second kappa shape index (κ2) is 9.14. The Hall–Kier alpha value is -1.92. The zero-order chi connectivity index (χ0) is 18.4. The van der Waals surface area contributed by atoms with E-state index in [0.29, 0.717) is 13.0 Å². The van der Waals surface area contributed by atoms with Gasteiger partial charge in [0.1, 0.15) is 6.04 Å². The van der Waals surface area contributed by atoms with Crippen molar-refractivity contribution < 1.29 is 14.3 Å². The molecule has 0 unspecified atom stereocenters. The van der Waals surface area contributed by atoms with Crippen molar-refractivity contribution in [3.8, 4) is 0 Å². The van der Waals surface area contributed by atoms with Crippen molar-refractivity contribution in [2.24, 2.45) is 0 Å². The lowest BCUT2D eigenvalue weighted by Gasteiger charge is -2.29. The first-order chi connectivity index (χ1) is 12.7. The van der Waals surface area contributed by atoms with Gasteiger partial charge in [-0.15, -0.1) is 0 Å². The summed E-state index contributed by atoms with van der Waals surface area (Å²) in [6.07, 6.45) is 3.11. The number of aryl methyl sites for hydroxylation is 1. The van der Waals surface area contributed by atoms with E-state index >= 15 is 0 Å². The molecule has 142 valence electrons. The normalized spacial score (nSPS) is 19.6. The highest BCUT2D eigenvalue weighted by Crippen LogP contribution is 2.28. The fraction of sp³-hybridized carbons (Fsp3) is 0.600. The zero-order valence-electron chi connectivity index (χ0n) is 15.6. The number of para-hydroxylation sites is 1. The summed E-state index contributed by atoms with van der Waals surface area (Å²) in [6.45, 7) is 6.91. The van der Waals surface area contributed by atoms with Gasteiger partial charge in [0.25, 0.3) is 0 Å². The minimum Gasteiger partial charge on any atom is -0.379 e. The topological polar surface area (TPSA) is 61.9 Å². The highest BCUT2D eigenvalue weighted by atomic mass is 16.5. The van der Waals surface area contributed by atoms with Crippen LogP contribution in [-0.4, -0.2) is 62.1 Å². The quantitative estimate of drug-likeness (QED) is 0.784. The minimum atomic E-state index is -0.495. The Morgan fingerprint density at radius 1 is 1.23 bits per heavy atom. The first-order valence-electron chi connectivity index (χ1n) is 9.64. The number of rotatable bonds is 6. The number of benzene rings is 1. The fourth-order valence-corrected chi connectivity index (χ4v) is 3.67. The SMILES string of the molecule is C[C@@H](C(=O)NCCCN1CCOCC1)N1C(=O)CCCc2ccccc21. The molecule has 1 saturated heterocycles. The summed E-state index contributed by atoms with van der Waals surface area (Å²) in [7, 11) is 0. The molecule has 2 aliphatic heterocycles. The molecular formula is C20H29N3O3. The van der Waals surface area contributed by atoms with Crippen molar-refractivity contribution in [2.75, 3.05) is 44.3 Å². The molecule has 6 nitrogen and oxygen atoms in total. The van der Waals surface area contributed by atoms with Gasteiger partial charge in [0.2, 0.25) is 11.8 Å². The lowest BCUT2D eigenvalue weighted by atomic mass is 10.1. The molecular weight excluding hydrogens is 330 g/mol. The van der Waals surface area contributed by atoms with Crippen molar-refractivity contribution in [2.45, 2.75) is 38.6 Å². The second-order valence-electron chi connectivity index (χ2n) is 7.02. The third kappa shape index (κ3) is 4.62. The molecule has 2 aliphatic rings. The number of carbonyl (C=O) groups excluding carboxylic acids is 2. The van der Waals surface area contributed by atoms with Gasteiger partial charge in [0.05, 0.1) is 13.2 Å². The van der Waals surface area contributed by atoms with Gasteiger partial charge in [-0.05, 0) is 44.4 Å². The van der Waals surface area contributed by atoms with Crippen molar-refractivity contribution >= 4 is 17.5 Å². The third-order valence-corrected chi connectivity index (χ3v) is 5.18. The molecule has 26 heavy (non-hydrogen) atoms. The highest BCUT2D eigenvalue weighted by Gasteiger charge is 2.30.